The second kappa shape index (κ2) is 6.00. The lowest BCUT2D eigenvalue weighted by Gasteiger charge is -2.14. The van der Waals surface area contributed by atoms with Crippen LogP contribution in [0.5, 0.6) is 0 Å². The lowest BCUT2D eigenvalue weighted by molar-refractivity contribution is 0.175. The van der Waals surface area contributed by atoms with Crippen molar-refractivity contribution in [3.05, 3.63) is 49.2 Å². The van der Waals surface area contributed by atoms with Gasteiger partial charge in [-0.15, -0.1) is 0 Å². The number of hydrogen-bond acceptors (Lipinski definition) is 2. The van der Waals surface area contributed by atoms with Gasteiger partial charge in [0, 0.05) is 17.9 Å². The highest BCUT2D eigenvalue weighted by atomic mass is 79.9. The van der Waals surface area contributed by atoms with E-state index in [-0.39, 0.29) is 0 Å². The van der Waals surface area contributed by atoms with E-state index in [1.54, 1.807) is 0 Å². The summed E-state index contributed by atoms with van der Waals surface area (Å²) in [6.07, 6.45) is 0.00456. The van der Waals surface area contributed by atoms with Gasteiger partial charge in [0.2, 0.25) is 0 Å². The number of aliphatic hydroxyl groups is 1. The standard InChI is InChI=1S/C15H18Br2N2O/c1-8-5-11(6-9(2)14(8)16)13(20)7-12-15(17)10(3)18-19(12)4/h5-6,13,20H,7H2,1-4H3. The predicted octanol–water partition coefficient (Wildman–Crippen LogP) is 4.15. The molecule has 1 heterocycles. The molecule has 0 aliphatic heterocycles. The van der Waals surface area contributed by atoms with Gasteiger partial charge in [0.1, 0.15) is 0 Å². The average Bonchev–Trinajstić information content (AvgIpc) is 2.62. The molecule has 3 nitrogen and oxygen atoms in total. The van der Waals surface area contributed by atoms with Crippen molar-refractivity contribution in [1.82, 2.24) is 9.78 Å². The lowest BCUT2D eigenvalue weighted by Crippen LogP contribution is -2.07. The smallest absolute Gasteiger partial charge is 0.0845 e. The highest BCUT2D eigenvalue weighted by molar-refractivity contribution is 9.10. The monoisotopic (exact) mass is 400 g/mol. The van der Waals surface area contributed by atoms with E-state index < -0.39 is 6.10 Å². The fraction of sp³-hybridized carbons (Fsp3) is 0.400. The van der Waals surface area contributed by atoms with Crippen molar-refractivity contribution in [2.45, 2.75) is 33.3 Å². The molecule has 2 rings (SSSR count). The molecular formula is C15H18Br2N2O. The van der Waals surface area contributed by atoms with Gasteiger partial charge < -0.3 is 5.11 Å². The molecule has 0 bridgehead atoms. The predicted molar refractivity (Wildman–Crippen MR) is 87.9 cm³/mol. The van der Waals surface area contributed by atoms with E-state index in [9.17, 15) is 5.11 Å². The minimum atomic E-state index is -0.536. The van der Waals surface area contributed by atoms with E-state index in [4.69, 9.17) is 0 Å². The van der Waals surface area contributed by atoms with Gasteiger partial charge in [-0.05, 0) is 53.4 Å². The number of aliphatic hydroxyl groups excluding tert-OH is 1. The van der Waals surface area contributed by atoms with Crippen LogP contribution < -0.4 is 0 Å². The Bertz CT molecular complexity index is 627. The molecule has 0 spiro atoms. The number of rotatable bonds is 3. The van der Waals surface area contributed by atoms with Gasteiger partial charge in [-0.1, -0.05) is 28.1 Å². The summed E-state index contributed by atoms with van der Waals surface area (Å²) in [4.78, 5) is 0. The molecule has 1 aromatic carbocycles. The van der Waals surface area contributed by atoms with Crippen LogP contribution in [-0.2, 0) is 13.5 Å². The van der Waals surface area contributed by atoms with Crippen molar-refractivity contribution >= 4 is 31.9 Å². The van der Waals surface area contributed by atoms with Crippen LogP contribution in [0.3, 0.4) is 0 Å². The van der Waals surface area contributed by atoms with Crippen LogP contribution in [-0.4, -0.2) is 14.9 Å². The van der Waals surface area contributed by atoms with Gasteiger partial charge in [0.15, 0.2) is 0 Å². The Balaban J connectivity index is 2.31. The van der Waals surface area contributed by atoms with Gasteiger partial charge in [0.25, 0.3) is 0 Å². The van der Waals surface area contributed by atoms with E-state index in [1.807, 2.05) is 44.6 Å². The summed E-state index contributed by atoms with van der Waals surface area (Å²) in [5.74, 6) is 0. The first-order valence-corrected chi connectivity index (χ1v) is 8.02. The van der Waals surface area contributed by atoms with Gasteiger partial charge in [-0.25, -0.2) is 0 Å². The van der Waals surface area contributed by atoms with Crippen LogP contribution in [0.2, 0.25) is 0 Å². The summed E-state index contributed by atoms with van der Waals surface area (Å²) in [5, 5.41) is 14.9. The third kappa shape index (κ3) is 3.00. The second-order valence-corrected chi connectivity index (χ2v) is 6.74. The third-order valence-electron chi connectivity index (χ3n) is 3.49. The molecule has 1 atom stereocenters. The van der Waals surface area contributed by atoms with Crippen molar-refractivity contribution in [2.24, 2.45) is 7.05 Å². The Labute approximate surface area is 136 Å². The molecule has 0 amide bonds. The molecule has 2 aromatic rings. The second-order valence-electron chi connectivity index (χ2n) is 5.16. The van der Waals surface area contributed by atoms with Crippen LogP contribution in [0.1, 0.15) is 34.2 Å². The minimum absolute atomic E-state index is 0.536. The maximum Gasteiger partial charge on any atom is 0.0845 e. The molecule has 0 saturated heterocycles. The van der Waals surface area contributed by atoms with E-state index in [0.717, 1.165) is 37.0 Å². The van der Waals surface area contributed by atoms with Gasteiger partial charge in [-0.2, -0.15) is 5.10 Å². The van der Waals surface area contributed by atoms with Crippen molar-refractivity contribution < 1.29 is 5.11 Å². The van der Waals surface area contributed by atoms with Gasteiger partial charge in [-0.3, -0.25) is 4.68 Å². The average molecular weight is 402 g/mol. The number of hydrogen-bond donors (Lipinski definition) is 1. The molecule has 0 radical (unpaired) electrons. The number of aromatic nitrogens is 2. The molecule has 1 unspecified atom stereocenters. The summed E-state index contributed by atoms with van der Waals surface area (Å²) >= 11 is 7.09. The number of benzene rings is 1. The Kier molecular flexibility index (Phi) is 4.72. The largest absolute Gasteiger partial charge is 0.388 e. The molecule has 0 fully saturated rings. The fourth-order valence-corrected chi connectivity index (χ4v) is 3.10. The molecule has 1 aromatic heterocycles. The Morgan fingerprint density at radius 1 is 1.15 bits per heavy atom. The topological polar surface area (TPSA) is 38.1 Å². The first kappa shape index (κ1) is 15.7. The van der Waals surface area contributed by atoms with Crippen LogP contribution in [0, 0.1) is 20.8 Å². The molecule has 5 heteroatoms. The first-order chi connectivity index (χ1) is 9.31. The van der Waals surface area contributed by atoms with Crippen LogP contribution >= 0.6 is 31.9 Å². The van der Waals surface area contributed by atoms with E-state index in [1.165, 1.54) is 0 Å². The Hall–Kier alpha value is -0.650. The zero-order valence-corrected chi connectivity index (χ0v) is 15.2. The Morgan fingerprint density at radius 2 is 1.70 bits per heavy atom. The summed E-state index contributed by atoms with van der Waals surface area (Å²) in [6, 6.07) is 4.05. The van der Waals surface area contributed by atoms with Crippen molar-refractivity contribution in [1.29, 1.82) is 0 Å². The van der Waals surface area contributed by atoms with Crippen molar-refractivity contribution in [3.8, 4) is 0 Å². The summed E-state index contributed by atoms with van der Waals surface area (Å²) < 4.78 is 3.90. The van der Waals surface area contributed by atoms with E-state index in [0.29, 0.717) is 6.42 Å². The van der Waals surface area contributed by atoms with Crippen LogP contribution in [0.25, 0.3) is 0 Å². The minimum Gasteiger partial charge on any atom is -0.388 e. The number of halogens is 2. The fourth-order valence-electron chi connectivity index (χ4n) is 2.37. The number of aryl methyl sites for hydroxylation is 4. The summed E-state index contributed by atoms with van der Waals surface area (Å²) in [7, 11) is 1.90. The Morgan fingerprint density at radius 3 is 2.15 bits per heavy atom. The lowest BCUT2D eigenvalue weighted by atomic mass is 10.00. The van der Waals surface area contributed by atoms with E-state index >= 15 is 0 Å². The summed E-state index contributed by atoms with van der Waals surface area (Å²) in [5.41, 5.74) is 5.17. The molecule has 1 N–H and O–H groups in total. The summed E-state index contributed by atoms with van der Waals surface area (Å²) in [6.45, 7) is 6.03. The first-order valence-electron chi connectivity index (χ1n) is 6.44. The maximum atomic E-state index is 10.5. The zero-order chi connectivity index (χ0) is 15.0. The molecule has 20 heavy (non-hydrogen) atoms. The number of nitrogens with zero attached hydrogens (tertiary/aromatic N) is 2. The molecule has 0 saturated carbocycles. The van der Waals surface area contributed by atoms with E-state index in [2.05, 4.69) is 37.0 Å². The highest BCUT2D eigenvalue weighted by Crippen LogP contribution is 2.29. The zero-order valence-electron chi connectivity index (χ0n) is 12.0. The normalized spacial score (nSPS) is 12.8. The maximum absolute atomic E-state index is 10.5. The molecule has 0 aliphatic rings. The van der Waals surface area contributed by atoms with Crippen LogP contribution in [0.4, 0.5) is 0 Å². The van der Waals surface area contributed by atoms with Gasteiger partial charge >= 0.3 is 0 Å². The quantitative estimate of drug-likeness (QED) is 0.838. The molecule has 0 aliphatic carbocycles. The third-order valence-corrected chi connectivity index (χ3v) is 5.77. The SMILES string of the molecule is Cc1cc(C(O)Cc2c(Br)c(C)nn2C)cc(C)c1Br. The van der Waals surface area contributed by atoms with Crippen molar-refractivity contribution in [3.63, 3.8) is 0 Å². The highest BCUT2D eigenvalue weighted by Gasteiger charge is 2.17. The van der Waals surface area contributed by atoms with Crippen molar-refractivity contribution in [2.75, 3.05) is 0 Å². The van der Waals surface area contributed by atoms with Crippen LogP contribution in [0.15, 0.2) is 21.1 Å². The van der Waals surface area contributed by atoms with Gasteiger partial charge in [0.05, 0.1) is 22.0 Å². The molecular weight excluding hydrogens is 384 g/mol. The molecule has 108 valence electrons.